The Bertz CT molecular complexity index is 2700. The Labute approximate surface area is 251 Å². The van der Waals surface area contributed by atoms with Gasteiger partial charge in [-0.25, -0.2) is 9.97 Å². The third kappa shape index (κ3) is 3.11. The van der Waals surface area contributed by atoms with Crippen LogP contribution in [0.4, 0.5) is 0 Å². The van der Waals surface area contributed by atoms with Gasteiger partial charge in [0.25, 0.3) is 0 Å². The van der Waals surface area contributed by atoms with Gasteiger partial charge in [0.1, 0.15) is 11.1 Å². The predicted molar refractivity (Wildman–Crippen MR) is 181 cm³/mol. The molecule has 0 saturated heterocycles. The lowest BCUT2D eigenvalue weighted by atomic mass is 9.92. The molecule has 0 amide bonds. The van der Waals surface area contributed by atoms with E-state index in [-0.39, 0.29) is 0 Å². The molecule has 0 radical (unpaired) electrons. The molecule has 44 heavy (non-hydrogen) atoms. The fraction of sp³-hybridized carbons (Fsp3) is 0. The molecule has 0 aliphatic carbocycles. The third-order valence-electron chi connectivity index (χ3n) is 9.02. The highest BCUT2D eigenvalue weighted by molar-refractivity contribution is 6.35. The first-order valence-electron chi connectivity index (χ1n) is 14.8. The van der Waals surface area contributed by atoms with Crippen LogP contribution in [0.1, 0.15) is 0 Å². The molecule has 10 aromatic rings. The van der Waals surface area contributed by atoms with Gasteiger partial charge in [-0.05, 0) is 45.3 Å². The van der Waals surface area contributed by atoms with E-state index in [0.717, 1.165) is 60.9 Å². The molecule has 4 nitrogen and oxygen atoms in total. The minimum atomic E-state index is 0.716. The van der Waals surface area contributed by atoms with E-state index < -0.39 is 0 Å². The molecule has 0 saturated carbocycles. The number of hydrogen-bond acceptors (Lipinski definition) is 3. The third-order valence-corrected chi connectivity index (χ3v) is 9.02. The van der Waals surface area contributed by atoms with Crippen molar-refractivity contribution in [3.63, 3.8) is 0 Å². The monoisotopic (exact) mass is 561 g/mol. The molecule has 204 valence electrons. The van der Waals surface area contributed by atoms with Crippen molar-refractivity contribution in [2.45, 2.75) is 0 Å². The van der Waals surface area contributed by atoms with Gasteiger partial charge in [0.15, 0.2) is 11.4 Å². The summed E-state index contributed by atoms with van der Waals surface area (Å²) in [5.74, 6) is 0.716. The zero-order chi connectivity index (χ0) is 28.8. The Morgan fingerprint density at radius 3 is 1.84 bits per heavy atom. The van der Waals surface area contributed by atoms with Crippen molar-refractivity contribution in [1.82, 2.24) is 14.5 Å². The summed E-state index contributed by atoms with van der Waals surface area (Å²) >= 11 is 0. The van der Waals surface area contributed by atoms with Crippen molar-refractivity contribution < 1.29 is 4.42 Å². The number of aromatic nitrogens is 3. The molecule has 0 spiro atoms. The number of furan rings is 1. The van der Waals surface area contributed by atoms with Gasteiger partial charge in [-0.2, -0.15) is 0 Å². The zero-order valence-electron chi connectivity index (χ0n) is 23.5. The molecule has 0 aliphatic rings. The van der Waals surface area contributed by atoms with Crippen LogP contribution in [0.25, 0.3) is 93.6 Å². The van der Waals surface area contributed by atoms with Crippen molar-refractivity contribution in [2.24, 2.45) is 0 Å². The molecular formula is C40H23N3O. The van der Waals surface area contributed by atoms with E-state index in [4.69, 9.17) is 14.4 Å². The summed E-state index contributed by atoms with van der Waals surface area (Å²) in [5, 5.41) is 8.26. The molecule has 3 aromatic heterocycles. The van der Waals surface area contributed by atoms with E-state index in [0.29, 0.717) is 5.82 Å². The number of nitrogens with zero attached hydrogens (tertiary/aromatic N) is 3. The van der Waals surface area contributed by atoms with Crippen molar-refractivity contribution >= 4 is 65.4 Å². The molecule has 0 unspecified atom stereocenters. The van der Waals surface area contributed by atoms with Gasteiger partial charge in [-0.15, -0.1) is 0 Å². The molecule has 0 fully saturated rings. The number of hydrogen-bond donors (Lipinski definition) is 0. The van der Waals surface area contributed by atoms with E-state index in [1.54, 1.807) is 0 Å². The highest BCUT2D eigenvalue weighted by Crippen LogP contribution is 2.48. The predicted octanol–water partition coefficient (Wildman–Crippen LogP) is 10.6. The van der Waals surface area contributed by atoms with E-state index in [1.165, 1.54) is 26.9 Å². The Kier molecular flexibility index (Phi) is 4.69. The second-order valence-electron chi connectivity index (χ2n) is 11.4. The minimum absolute atomic E-state index is 0.716. The molecule has 0 bridgehead atoms. The van der Waals surface area contributed by atoms with Gasteiger partial charge in [0.05, 0.1) is 22.9 Å². The summed E-state index contributed by atoms with van der Waals surface area (Å²) in [4.78, 5) is 9.95. The number of para-hydroxylation sites is 1. The standard InChI is InChI=1S/C40H23N3O/c1-3-11-24(12-4-1)26-19-20-29-27-15-7-8-16-28(27)30-21-22-33(39-36(30)35(29)38(26)44-39)43-32-18-10-9-17-31(32)37-34(43)23-41-40(42-37)25-13-5-2-6-14-25/h1-23H. The summed E-state index contributed by atoms with van der Waals surface area (Å²) in [6.45, 7) is 0. The smallest absolute Gasteiger partial charge is 0.160 e. The first kappa shape index (κ1) is 23.6. The van der Waals surface area contributed by atoms with Gasteiger partial charge in [-0.3, -0.25) is 0 Å². The van der Waals surface area contributed by atoms with Crippen LogP contribution in [0.3, 0.4) is 0 Å². The first-order chi connectivity index (χ1) is 21.8. The second-order valence-corrected chi connectivity index (χ2v) is 11.4. The van der Waals surface area contributed by atoms with Crippen molar-refractivity contribution in [3.8, 4) is 28.2 Å². The first-order valence-corrected chi connectivity index (χ1v) is 14.8. The van der Waals surface area contributed by atoms with Crippen LogP contribution in [0.2, 0.25) is 0 Å². The summed E-state index contributed by atoms with van der Waals surface area (Å²) in [5.41, 5.74) is 8.92. The quantitative estimate of drug-likeness (QED) is 0.202. The highest BCUT2D eigenvalue weighted by Gasteiger charge is 2.24. The second kappa shape index (κ2) is 8.76. The van der Waals surface area contributed by atoms with E-state index >= 15 is 0 Å². The lowest BCUT2D eigenvalue weighted by Gasteiger charge is -2.12. The van der Waals surface area contributed by atoms with Crippen molar-refractivity contribution in [1.29, 1.82) is 0 Å². The van der Waals surface area contributed by atoms with Gasteiger partial charge >= 0.3 is 0 Å². The molecule has 0 atom stereocenters. The van der Waals surface area contributed by atoms with Crippen LogP contribution in [0, 0.1) is 0 Å². The van der Waals surface area contributed by atoms with E-state index in [2.05, 4.69) is 120 Å². The Balaban J connectivity index is 1.35. The molecule has 0 N–H and O–H groups in total. The fourth-order valence-corrected chi connectivity index (χ4v) is 7.11. The molecule has 3 heterocycles. The molecule has 10 rings (SSSR count). The summed E-state index contributed by atoms with van der Waals surface area (Å²) in [6, 6.07) is 46.7. The number of fused-ring (bicyclic) bond motifs is 6. The maximum atomic E-state index is 7.06. The van der Waals surface area contributed by atoms with Crippen LogP contribution in [0.5, 0.6) is 0 Å². The Morgan fingerprint density at radius 1 is 0.477 bits per heavy atom. The topological polar surface area (TPSA) is 43.9 Å². The molecule has 4 heteroatoms. The van der Waals surface area contributed by atoms with E-state index in [9.17, 15) is 0 Å². The Morgan fingerprint density at radius 2 is 1.09 bits per heavy atom. The summed E-state index contributed by atoms with van der Waals surface area (Å²) < 4.78 is 9.32. The number of rotatable bonds is 3. The lowest BCUT2D eigenvalue weighted by Crippen LogP contribution is -1.96. The van der Waals surface area contributed by atoms with Gasteiger partial charge in [-0.1, -0.05) is 115 Å². The largest absolute Gasteiger partial charge is 0.453 e. The van der Waals surface area contributed by atoms with E-state index in [1.807, 2.05) is 24.4 Å². The van der Waals surface area contributed by atoms with Crippen LogP contribution >= 0.6 is 0 Å². The number of benzene rings is 7. The molecule has 0 aliphatic heterocycles. The fourth-order valence-electron chi connectivity index (χ4n) is 7.11. The SMILES string of the molecule is c1ccc(-c2ncc3c(n2)c2ccccc2n3-c2ccc3c4ccccc4c4ccc(-c5ccccc5)c5oc2c3c54)cc1. The highest BCUT2D eigenvalue weighted by atomic mass is 16.3. The van der Waals surface area contributed by atoms with Gasteiger partial charge < -0.3 is 8.98 Å². The summed E-state index contributed by atoms with van der Waals surface area (Å²) in [7, 11) is 0. The molecule has 7 aromatic carbocycles. The average Bonchev–Trinajstić information content (AvgIpc) is 3.65. The Hall–Kier alpha value is -6.00. The van der Waals surface area contributed by atoms with Gasteiger partial charge in [0, 0.05) is 27.3 Å². The van der Waals surface area contributed by atoms with Crippen LogP contribution in [-0.4, -0.2) is 14.5 Å². The minimum Gasteiger partial charge on any atom is -0.453 e. The van der Waals surface area contributed by atoms with Crippen LogP contribution < -0.4 is 0 Å². The van der Waals surface area contributed by atoms with Crippen molar-refractivity contribution in [3.05, 3.63) is 140 Å². The van der Waals surface area contributed by atoms with Crippen LogP contribution in [-0.2, 0) is 0 Å². The zero-order valence-corrected chi connectivity index (χ0v) is 23.5. The maximum Gasteiger partial charge on any atom is 0.160 e. The summed E-state index contributed by atoms with van der Waals surface area (Å²) in [6.07, 6.45) is 1.95. The van der Waals surface area contributed by atoms with Crippen molar-refractivity contribution in [2.75, 3.05) is 0 Å². The maximum absolute atomic E-state index is 7.06. The average molecular weight is 562 g/mol. The molecular weight excluding hydrogens is 538 g/mol. The van der Waals surface area contributed by atoms with Gasteiger partial charge in [0.2, 0.25) is 0 Å². The normalized spacial score (nSPS) is 12.1. The lowest BCUT2D eigenvalue weighted by molar-refractivity contribution is 0.668. The van der Waals surface area contributed by atoms with Crippen LogP contribution in [0.15, 0.2) is 144 Å².